The van der Waals surface area contributed by atoms with E-state index >= 15 is 0 Å². The Morgan fingerprint density at radius 2 is 2.13 bits per heavy atom. The molecule has 1 aromatic heterocycles. The van der Waals surface area contributed by atoms with Crippen LogP contribution < -0.4 is 0 Å². The second-order valence-corrected chi connectivity index (χ2v) is 5.79. The summed E-state index contributed by atoms with van der Waals surface area (Å²) in [6.45, 7) is 0.521. The Bertz CT molecular complexity index is 773. The van der Waals surface area contributed by atoms with Crippen molar-refractivity contribution in [3.05, 3.63) is 35.2 Å². The van der Waals surface area contributed by atoms with E-state index in [2.05, 4.69) is 10.2 Å². The molecule has 1 aromatic carbocycles. The van der Waals surface area contributed by atoms with Crippen LogP contribution in [-0.4, -0.2) is 39.2 Å². The third-order valence-corrected chi connectivity index (χ3v) is 4.23. The van der Waals surface area contributed by atoms with Crippen LogP contribution in [0.25, 0.3) is 11.5 Å². The van der Waals surface area contributed by atoms with Crippen molar-refractivity contribution in [2.45, 2.75) is 31.9 Å². The van der Waals surface area contributed by atoms with E-state index in [4.69, 9.17) is 4.42 Å². The van der Waals surface area contributed by atoms with E-state index in [-0.39, 0.29) is 11.8 Å². The average Bonchev–Trinajstić information content (AvgIpc) is 3.17. The number of alkyl halides is 2. The number of amides is 1. The summed E-state index contributed by atoms with van der Waals surface area (Å²) in [5, 5.41) is 10.6. The van der Waals surface area contributed by atoms with E-state index in [1.807, 2.05) is 12.1 Å². The normalized spacial score (nSPS) is 17.4. The number of nitrogens with zero attached hydrogens (tertiary/aromatic N) is 4. The Morgan fingerprint density at radius 1 is 1.35 bits per heavy atom. The number of carbonyl (C=O) groups excluding carboxylic acids is 1. The first-order valence-electron chi connectivity index (χ1n) is 7.34. The van der Waals surface area contributed by atoms with Gasteiger partial charge in [-0.25, -0.2) is 5.01 Å². The molecule has 1 saturated carbocycles. The predicted octanol–water partition coefficient (Wildman–Crippen LogP) is 2.64. The third-order valence-electron chi connectivity index (χ3n) is 4.23. The topological polar surface area (TPSA) is 62.5 Å². The molecule has 2 aliphatic rings. The van der Waals surface area contributed by atoms with Crippen LogP contribution in [0.3, 0.4) is 0 Å². The Labute approximate surface area is 130 Å². The second kappa shape index (κ2) is 5.09. The SMILES string of the molecule is CN(C1CC1)N1Cc2ccc(-c3nnc(C(F)F)o3)cc2C1=O. The first-order chi connectivity index (χ1) is 11.0. The van der Waals surface area contributed by atoms with E-state index in [1.54, 1.807) is 23.2 Å². The summed E-state index contributed by atoms with van der Waals surface area (Å²) in [6, 6.07) is 5.56. The van der Waals surface area contributed by atoms with Gasteiger partial charge in [0.25, 0.3) is 11.8 Å². The maximum absolute atomic E-state index is 12.6. The minimum atomic E-state index is -2.81. The smallest absolute Gasteiger partial charge is 0.314 e. The fourth-order valence-corrected chi connectivity index (χ4v) is 2.76. The molecule has 2 aromatic rings. The molecule has 4 rings (SSSR count). The molecule has 0 bridgehead atoms. The van der Waals surface area contributed by atoms with E-state index in [0.717, 1.165) is 18.4 Å². The lowest BCUT2D eigenvalue weighted by molar-refractivity contribution is 0.00246. The summed E-state index contributed by atoms with van der Waals surface area (Å²) in [5.41, 5.74) is 1.92. The zero-order valence-electron chi connectivity index (χ0n) is 12.4. The number of carbonyl (C=O) groups is 1. The van der Waals surface area contributed by atoms with Crippen molar-refractivity contribution in [3.8, 4) is 11.5 Å². The van der Waals surface area contributed by atoms with Crippen molar-refractivity contribution >= 4 is 5.91 Å². The molecule has 0 N–H and O–H groups in total. The Hall–Kier alpha value is -2.35. The lowest BCUT2D eigenvalue weighted by Gasteiger charge is -2.27. The molecule has 1 aliphatic carbocycles. The van der Waals surface area contributed by atoms with Gasteiger partial charge in [0.15, 0.2) is 0 Å². The summed E-state index contributed by atoms with van der Waals surface area (Å²) >= 11 is 0. The number of halogens is 2. The van der Waals surface area contributed by atoms with Crippen LogP contribution in [-0.2, 0) is 6.54 Å². The second-order valence-electron chi connectivity index (χ2n) is 5.79. The molecule has 6 nitrogen and oxygen atoms in total. The van der Waals surface area contributed by atoms with Crippen molar-refractivity contribution in [3.63, 3.8) is 0 Å². The van der Waals surface area contributed by atoms with Gasteiger partial charge in [-0.15, -0.1) is 10.2 Å². The van der Waals surface area contributed by atoms with Gasteiger partial charge >= 0.3 is 6.43 Å². The molecule has 0 atom stereocenters. The van der Waals surface area contributed by atoms with Gasteiger partial charge in [-0.05, 0) is 30.5 Å². The molecule has 8 heteroatoms. The van der Waals surface area contributed by atoms with Crippen molar-refractivity contribution in [2.24, 2.45) is 0 Å². The highest BCUT2D eigenvalue weighted by atomic mass is 19.3. The molecular formula is C15H14F2N4O2. The van der Waals surface area contributed by atoms with Gasteiger partial charge in [-0.2, -0.15) is 8.78 Å². The Kier molecular flexibility index (Phi) is 3.15. The minimum absolute atomic E-state index is 0.00935. The first kappa shape index (κ1) is 14.3. The Balaban J connectivity index is 1.63. The quantitative estimate of drug-likeness (QED) is 0.866. The Morgan fingerprint density at radius 3 is 2.78 bits per heavy atom. The van der Waals surface area contributed by atoms with Crippen LogP contribution in [0.5, 0.6) is 0 Å². The van der Waals surface area contributed by atoms with Crippen LogP contribution in [0.2, 0.25) is 0 Å². The predicted molar refractivity (Wildman–Crippen MR) is 75.3 cm³/mol. The van der Waals surface area contributed by atoms with Gasteiger partial charge < -0.3 is 4.42 Å². The van der Waals surface area contributed by atoms with Gasteiger partial charge in [-0.1, -0.05) is 6.07 Å². The van der Waals surface area contributed by atoms with Crippen LogP contribution in [0.15, 0.2) is 22.6 Å². The summed E-state index contributed by atoms with van der Waals surface area (Å²) in [5.74, 6) is -0.823. The standard InChI is InChI=1S/C15H14F2N4O2/c1-20(10-4-5-10)21-7-9-3-2-8(6-11(9)15(21)22)13-18-19-14(23-13)12(16)17/h2-3,6,10,12H,4-5,7H2,1H3. The van der Waals surface area contributed by atoms with Crippen molar-refractivity contribution in [2.75, 3.05) is 7.05 Å². The maximum atomic E-state index is 12.6. The number of hydrogen-bond donors (Lipinski definition) is 0. The van der Waals surface area contributed by atoms with Crippen LogP contribution >= 0.6 is 0 Å². The van der Waals surface area contributed by atoms with Crippen molar-refractivity contribution in [1.82, 2.24) is 20.2 Å². The highest BCUT2D eigenvalue weighted by Gasteiger charge is 2.37. The van der Waals surface area contributed by atoms with Crippen LogP contribution in [0.1, 0.15) is 41.1 Å². The monoisotopic (exact) mass is 320 g/mol. The van der Waals surface area contributed by atoms with Crippen molar-refractivity contribution < 1.29 is 18.0 Å². The minimum Gasteiger partial charge on any atom is -0.415 e. The van der Waals surface area contributed by atoms with Crippen LogP contribution in [0.4, 0.5) is 8.78 Å². The number of hydrazine groups is 1. The number of benzene rings is 1. The van der Waals surface area contributed by atoms with E-state index in [9.17, 15) is 13.6 Å². The largest absolute Gasteiger partial charge is 0.415 e. The molecule has 0 saturated heterocycles. The molecule has 120 valence electrons. The van der Waals surface area contributed by atoms with Crippen molar-refractivity contribution in [1.29, 1.82) is 0 Å². The molecule has 23 heavy (non-hydrogen) atoms. The molecule has 0 spiro atoms. The summed E-state index contributed by atoms with van der Waals surface area (Å²) in [4.78, 5) is 12.6. The molecular weight excluding hydrogens is 306 g/mol. The maximum Gasteiger partial charge on any atom is 0.314 e. The number of fused-ring (bicyclic) bond motifs is 1. The van der Waals surface area contributed by atoms with Gasteiger partial charge in [0.1, 0.15) is 0 Å². The molecule has 1 amide bonds. The summed E-state index contributed by atoms with van der Waals surface area (Å²) in [6.07, 6.45) is -0.615. The molecule has 0 radical (unpaired) electrons. The zero-order valence-corrected chi connectivity index (χ0v) is 12.4. The zero-order chi connectivity index (χ0) is 16.1. The van der Waals surface area contributed by atoms with Gasteiger partial charge in [0, 0.05) is 24.2 Å². The molecule has 2 heterocycles. The molecule has 0 unspecified atom stereocenters. The van der Waals surface area contributed by atoms with E-state index in [0.29, 0.717) is 23.7 Å². The number of aromatic nitrogens is 2. The fraction of sp³-hybridized carbons (Fsp3) is 0.400. The van der Waals surface area contributed by atoms with Gasteiger partial charge in [0.2, 0.25) is 5.89 Å². The molecule has 1 fully saturated rings. The van der Waals surface area contributed by atoms with E-state index < -0.39 is 12.3 Å². The summed E-state index contributed by atoms with van der Waals surface area (Å²) in [7, 11) is 1.91. The highest BCUT2D eigenvalue weighted by Crippen LogP contribution is 2.33. The van der Waals surface area contributed by atoms with E-state index in [1.165, 1.54) is 0 Å². The van der Waals surface area contributed by atoms with Crippen LogP contribution in [0, 0.1) is 0 Å². The third kappa shape index (κ3) is 2.39. The number of rotatable bonds is 4. The average molecular weight is 320 g/mol. The first-order valence-corrected chi connectivity index (χ1v) is 7.34. The number of hydrogen-bond acceptors (Lipinski definition) is 5. The lowest BCUT2D eigenvalue weighted by Crippen LogP contribution is -2.41. The highest BCUT2D eigenvalue weighted by molar-refractivity contribution is 5.99. The van der Waals surface area contributed by atoms with Gasteiger partial charge in [-0.3, -0.25) is 9.80 Å². The fourth-order valence-electron chi connectivity index (χ4n) is 2.76. The lowest BCUT2D eigenvalue weighted by atomic mass is 10.1. The summed E-state index contributed by atoms with van der Waals surface area (Å²) < 4.78 is 30.0. The van der Waals surface area contributed by atoms with Gasteiger partial charge in [0.05, 0.1) is 6.54 Å². The molecule has 1 aliphatic heterocycles.